The number of para-hydroxylation sites is 1. The van der Waals surface area contributed by atoms with E-state index in [1.807, 2.05) is 0 Å². The van der Waals surface area contributed by atoms with E-state index in [9.17, 15) is 0 Å². The quantitative estimate of drug-likeness (QED) is 0.210. The third kappa shape index (κ3) is 3.55. The van der Waals surface area contributed by atoms with Crippen LogP contribution in [0, 0.1) is 0 Å². The summed E-state index contributed by atoms with van der Waals surface area (Å²) in [5.41, 5.74) is 13.6. The van der Waals surface area contributed by atoms with Crippen molar-refractivity contribution >= 4 is 39.2 Å². The van der Waals surface area contributed by atoms with Gasteiger partial charge in [0.25, 0.3) is 0 Å². The lowest BCUT2D eigenvalue weighted by molar-refractivity contribution is 0.660. The fraction of sp³-hybridized carbons (Fsp3) is 0.0750. The molecule has 0 radical (unpaired) electrons. The molecule has 2 aliphatic rings. The van der Waals surface area contributed by atoms with Crippen molar-refractivity contribution in [2.75, 3.05) is 4.90 Å². The van der Waals surface area contributed by atoms with E-state index >= 15 is 0 Å². The summed E-state index contributed by atoms with van der Waals surface area (Å²) in [5, 5.41) is 3.61. The molecule has 0 bridgehead atoms. The van der Waals surface area contributed by atoms with Gasteiger partial charge in [-0.25, -0.2) is 4.98 Å². The third-order valence-corrected chi connectivity index (χ3v) is 10.3. The molecule has 0 saturated carbocycles. The van der Waals surface area contributed by atoms with E-state index in [0.717, 1.165) is 22.1 Å². The van der Waals surface area contributed by atoms with Gasteiger partial charge in [-0.3, -0.25) is 0 Å². The molecular formula is C40H28N2S. The molecule has 2 nitrogen and oxygen atoms in total. The van der Waals surface area contributed by atoms with E-state index in [1.54, 1.807) is 11.3 Å². The van der Waals surface area contributed by atoms with Gasteiger partial charge in [0.05, 0.1) is 10.6 Å². The summed E-state index contributed by atoms with van der Waals surface area (Å²) >= 11 is 1.80. The molecule has 0 saturated heterocycles. The Morgan fingerprint density at radius 2 is 1.28 bits per heavy atom. The Kier molecular flexibility index (Phi) is 5.15. The topological polar surface area (TPSA) is 16.1 Å². The van der Waals surface area contributed by atoms with Gasteiger partial charge < -0.3 is 4.90 Å². The van der Waals surface area contributed by atoms with Crippen LogP contribution in [0.2, 0.25) is 0 Å². The number of anilines is 3. The number of benzene rings is 6. The van der Waals surface area contributed by atoms with Crippen LogP contribution in [0.3, 0.4) is 0 Å². The zero-order valence-electron chi connectivity index (χ0n) is 24.0. The molecule has 0 unspecified atom stereocenters. The summed E-state index contributed by atoms with van der Waals surface area (Å²) in [4.78, 5) is 8.84. The van der Waals surface area contributed by atoms with Crippen LogP contribution in [0.1, 0.15) is 25.0 Å². The van der Waals surface area contributed by atoms with E-state index < -0.39 is 0 Å². The molecule has 0 aliphatic heterocycles. The van der Waals surface area contributed by atoms with E-state index in [4.69, 9.17) is 4.98 Å². The van der Waals surface area contributed by atoms with Crippen LogP contribution in [0.5, 0.6) is 0 Å². The van der Waals surface area contributed by atoms with Gasteiger partial charge in [-0.15, -0.1) is 11.3 Å². The molecule has 1 aromatic heterocycles. The average molecular weight is 569 g/mol. The lowest BCUT2D eigenvalue weighted by Gasteiger charge is -2.28. The summed E-state index contributed by atoms with van der Waals surface area (Å²) in [6, 6.07) is 48.5. The molecule has 1 heterocycles. The van der Waals surface area contributed by atoms with Crippen molar-refractivity contribution < 1.29 is 0 Å². The van der Waals surface area contributed by atoms with Crippen molar-refractivity contribution in [2.24, 2.45) is 0 Å². The first kappa shape index (κ1) is 24.6. The Bertz CT molecular complexity index is 2210. The number of rotatable bonds is 4. The maximum absolute atomic E-state index is 5.17. The zero-order valence-corrected chi connectivity index (χ0v) is 24.8. The molecular weight excluding hydrogens is 541 g/mol. The van der Waals surface area contributed by atoms with Crippen molar-refractivity contribution in [1.29, 1.82) is 0 Å². The largest absolute Gasteiger partial charge is 0.310 e. The van der Waals surface area contributed by atoms with Crippen molar-refractivity contribution in [2.45, 2.75) is 19.3 Å². The van der Waals surface area contributed by atoms with Crippen LogP contribution in [0.4, 0.5) is 17.1 Å². The van der Waals surface area contributed by atoms with Crippen molar-refractivity contribution in [1.82, 2.24) is 4.98 Å². The highest BCUT2D eigenvalue weighted by Gasteiger charge is 2.36. The van der Waals surface area contributed by atoms with Crippen LogP contribution in [-0.2, 0) is 5.41 Å². The van der Waals surface area contributed by atoms with E-state index in [2.05, 4.69) is 152 Å². The second kappa shape index (κ2) is 9.00. The molecule has 3 heteroatoms. The molecule has 43 heavy (non-hydrogen) atoms. The van der Waals surface area contributed by atoms with Crippen molar-refractivity contribution in [3.05, 3.63) is 145 Å². The Morgan fingerprint density at radius 1 is 0.558 bits per heavy atom. The molecule has 0 fully saturated rings. The minimum absolute atomic E-state index is 0.0674. The highest BCUT2D eigenvalue weighted by Crippen LogP contribution is 2.54. The number of hydrogen-bond acceptors (Lipinski definition) is 3. The van der Waals surface area contributed by atoms with Gasteiger partial charge >= 0.3 is 0 Å². The Balaban J connectivity index is 1.25. The Hall–Kier alpha value is -4.99. The second-order valence-electron chi connectivity index (χ2n) is 12.0. The molecule has 0 spiro atoms. The normalized spacial score (nSPS) is 13.5. The van der Waals surface area contributed by atoms with Gasteiger partial charge in [0.2, 0.25) is 0 Å². The van der Waals surface area contributed by atoms with Crippen molar-refractivity contribution in [3.8, 4) is 43.4 Å². The fourth-order valence-electron chi connectivity index (χ4n) is 7.16. The van der Waals surface area contributed by atoms with Gasteiger partial charge in [-0.2, -0.15) is 0 Å². The molecule has 6 aromatic carbocycles. The summed E-state index contributed by atoms with van der Waals surface area (Å²) in [7, 11) is 0. The summed E-state index contributed by atoms with van der Waals surface area (Å²) in [5.74, 6) is 0. The van der Waals surface area contributed by atoms with Crippen LogP contribution >= 0.6 is 11.3 Å². The second-order valence-corrected chi connectivity index (χ2v) is 13.0. The van der Waals surface area contributed by atoms with Gasteiger partial charge in [-0.05, 0) is 69.4 Å². The van der Waals surface area contributed by atoms with Crippen LogP contribution in [0.25, 0.3) is 54.2 Å². The number of thiazole rings is 1. The summed E-state index contributed by atoms with van der Waals surface area (Å²) in [6.45, 7) is 4.70. The van der Waals surface area contributed by atoms with Gasteiger partial charge in [0.15, 0.2) is 0 Å². The fourth-order valence-corrected chi connectivity index (χ4v) is 8.27. The maximum atomic E-state index is 5.17. The van der Waals surface area contributed by atoms with Crippen LogP contribution in [0.15, 0.2) is 133 Å². The van der Waals surface area contributed by atoms with Gasteiger partial charge in [-0.1, -0.05) is 111 Å². The predicted octanol–water partition coefficient (Wildman–Crippen LogP) is 11.4. The minimum Gasteiger partial charge on any atom is -0.310 e. The lowest BCUT2D eigenvalue weighted by atomic mass is 9.82. The molecule has 7 aromatic rings. The van der Waals surface area contributed by atoms with E-state index in [-0.39, 0.29) is 5.41 Å². The van der Waals surface area contributed by atoms with Gasteiger partial charge in [0, 0.05) is 39.2 Å². The zero-order chi connectivity index (χ0) is 28.7. The first-order valence-electron chi connectivity index (χ1n) is 14.8. The average Bonchev–Trinajstić information content (AvgIpc) is 3.68. The minimum atomic E-state index is -0.0674. The van der Waals surface area contributed by atoms with E-state index in [0.29, 0.717) is 0 Å². The SMILES string of the molecule is CC1(C)c2ccccc2-c2ccc(N(c3ccccc3)c3cc4c5c(cccc5c3)-c3nc(-c5ccccc5)sc3-4)cc21. The summed E-state index contributed by atoms with van der Waals surface area (Å²) < 4.78 is 0. The van der Waals surface area contributed by atoms with Gasteiger partial charge in [0.1, 0.15) is 5.01 Å². The number of hydrogen-bond donors (Lipinski definition) is 0. The van der Waals surface area contributed by atoms with Crippen LogP contribution in [-0.4, -0.2) is 4.98 Å². The first-order valence-corrected chi connectivity index (χ1v) is 15.6. The standard InChI is InChI=1S/C40H28N2S/c1-40(2)34-19-10-9-17-30(34)31-21-20-28(24-35(31)40)42(27-15-7-4-8-16-27)29-22-26-14-11-18-32-36(26)33(23-29)38-37(32)41-39(43-38)25-12-5-3-6-13-25/h3-24H,1-2H3. The lowest BCUT2D eigenvalue weighted by Crippen LogP contribution is -2.16. The first-order chi connectivity index (χ1) is 21.1. The molecule has 0 atom stereocenters. The molecule has 204 valence electrons. The highest BCUT2D eigenvalue weighted by atomic mass is 32.1. The highest BCUT2D eigenvalue weighted by molar-refractivity contribution is 7.19. The summed E-state index contributed by atoms with van der Waals surface area (Å²) in [6.07, 6.45) is 0. The molecule has 0 N–H and O–H groups in total. The van der Waals surface area contributed by atoms with Crippen molar-refractivity contribution in [3.63, 3.8) is 0 Å². The van der Waals surface area contributed by atoms with Crippen LogP contribution < -0.4 is 4.90 Å². The van der Waals surface area contributed by atoms with E-state index in [1.165, 1.54) is 60.3 Å². The molecule has 2 aliphatic carbocycles. The molecule has 0 amide bonds. The smallest absolute Gasteiger partial charge is 0.124 e. The Labute approximate surface area is 255 Å². The Morgan fingerprint density at radius 3 is 2.12 bits per heavy atom. The third-order valence-electron chi connectivity index (χ3n) is 9.21. The number of fused-ring (bicyclic) bond motifs is 6. The molecule has 9 rings (SSSR count). The number of aromatic nitrogens is 1. The maximum Gasteiger partial charge on any atom is 0.124 e. The predicted molar refractivity (Wildman–Crippen MR) is 182 cm³/mol. The monoisotopic (exact) mass is 568 g/mol. The number of nitrogens with zero attached hydrogens (tertiary/aromatic N) is 2.